The summed E-state index contributed by atoms with van der Waals surface area (Å²) in [6.07, 6.45) is -0.783. The maximum atomic E-state index is 9.92. The van der Waals surface area contributed by atoms with Gasteiger partial charge >= 0.3 is 0 Å². The third-order valence-electron chi connectivity index (χ3n) is 3.35. The minimum Gasteiger partial charge on any atom is -0.486 e. The van der Waals surface area contributed by atoms with Crippen molar-refractivity contribution in [3.8, 4) is 17.4 Å². The van der Waals surface area contributed by atoms with Crippen LogP contribution in [0.1, 0.15) is 0 Å². The van der Waals surface area contributed by atoms with E-state index in [0.717, 1.165) is 11.5 Å². The Balaban J connectivity index is 1.35. The van der Waals surface area contributed by atoms with Gasteiger partial charge in [-0.05, 0) is 18.2 Å². The molecular formula is C16H18ClN3O4. The molecule has 0 amide bonds. The smallest absolute Gasteiger partial charge is 0.233 e. The fourth-order valence-electron chi connectivity index (χ4n) is 2.20. The van der Waals surface area contributed by atoms with E-state index in [2.05, 4.69) is 15.5 Å². The monoisotopic (exact) mass is 351 g/mol. The van der Waals surface area contributed by atoms with E-state index in [1.165, 1.54) is 0 Å². The van der Waals surface area contributed by atoms with Crippen LogP contribution in [-0.4, -0.2) is 53.8 Å². The van der Waals surface area contributed by atoms with Crippen molar-refractivity contribution >= 4 is 11.6 Å². The molecule has 3 rings (SSSR count). The molecule has 0 radical (unpaired) electrons. The van der Waals surface area contributed by atoms with Crippen LogP contribution in [0.15, 0.2) is 36.4 Å². The zero-order valence-electron chi connectivity index (χ0n) is 12.9. The molecule has 1 aliphatic heterocycles. The highest BCUT2D eigenvalue weighted by Crippen LogP contribution is 2.30. The predicted octanol–water partition coefficient (Wildman–Crippen LogP) is 1.30. The highest BCUT2D eigenvalue weighted by Gasteiger charge is 2.20. The summed E-state index contributed by atoms with van der Waals surface area (Å²) in [4.78, 5) is 0. The molecule has 0 fully saturated rings. The number of nitrogens with zero attached hydrogens (tertiary/aromatic N) is 2. The third kappa shape index (κ3) is 4.70. The fraction of sp³-hybridized carbons (Fsp3) is 0.375. The van der Waals surface area contributed by atoms with E-state index >= 15 is 0 Å². The van der Waals surface area contributed by atoms with Crippen molar-refractivity contribution in [2.75, 3.05) is 26.3 Å². The Morgan fingerprint density at radius 3 is 2.88 bits per heavy atom. The van der Waals surface area contributed by atoms with Gasteiger partial charge in [-0.3, -0.25) is 0 Å². The average Bonchev–Trinajstić information content (AvgIpc) is 2.61. The van der Waals surface area contributed by atoms with E-state index in [0.29, 0.717) is 30.7 Å². The molecule has 8 heteroatoms. The predicted molar refractivity (Wildman–Crippen MR) is 87.8 cm³/mol. The van der Waals surface area contributed by atoms with Crippen LogP contribution in [0, 0.1) is 0 Å². The number of para-hydroxylation sites is 2. The minimum absolute atomic E-state index is 0.102. The maximum Gasteiger partial charge on any atom is 0.233 e. The van der Waals surface area contributed by atoms with E-state index < -0.39 is 6.10 Å². The quantitative estimate of drug-likeness (QED) is 0.777. The van der Waals surface area contributed by atoms with Crippen LogP contribution in [0.5, 0.6) is 17.4 Å². The molecule has 24 heavy (non-hydrogen) atoms. The number of nitrogens with one attached hydrogen (secondary N) is 1. The molecule has 0 saturated heterocycles. The van der Waals surface area contributed by atoms with Crippen molar-refractivity contribution in [1.82, 2.24) is 15.5 Å². The van der Waals surface area contributed by atoms with E-state index in [9.17, 15) is 5.11 Å². The Morgan fingerprint density at radius 2 is 2.08 bits per heavy atom. The molecule has 0 bridgehead atoms. The lowest BCUT2D eigenvalue weighted by Crippen LogP contribution is -2.41. The molecule has 0 saturated carbocycles. The summed E-state index contributed by atoms with van der Waals surface area (Å²) in [6, 6.07) is 10.7. The van der Waals surface area contributed by atoms with Gasteiger partial charge in [0.25, 0.3) is 0 Å². The summed E-state index contributed by atoms with van der Waals surface area (Å²) in [6.45, 7) is 1.50. The number of fused-ring (bicyclic) bond motifs is 1. The first-order chi connectivity index (χ1) is 11.7. The van der Waals surface area contributed by atoms with Gasteiger partial charge in [-0.25, -0.2) is 0 Å². The number of aliphatic hydroxyl groups excluding tert-OH is 1. The zero-order valence-corrected chi connectivity index (χ0v) is 13.6. The van der Waals surface area contributed by atoms with Gasteiger partial charge in [-0.2, -0.15) is 0 Å². The Hall–Kier alpha value is -2.09. The Bertz CT molecular complexity index is 656. The first-order valence-corrected chi connectivity index (χ1v) is 7.98. The third-order valence-corrected chi connectivity index (χ3v) is 3.55. The molecule has 1 aliphatic rings. The van der Waals surface area contributed by atoms with Crippen LogP contribution in [-0.2, 0) is 0 Å². The summed E-state index contributed by atoms with van der Waals surface area (Å²) >= 11 is 5.64. The van der Waals surface area contributed by atoms with Crippen molar-refractivity contribution in [2.45, 2.75) is 12.2 Å². The highest BCUT2D eigenvalue weighted by molar-refractivity contribution is 6.29. The number of benzene rings is 1. The normalized spacial score (nSPS) is 17.3. The van der Waals surface area contributed by atoms with E-state index in [1.807, 2.05) is 24.3 Å². The van der Waals surface area contributed by atoms with Crippen LogP contribution in [0.3, 0.4) is 0 Å². The SMILES string of the molecule is OC(CNCC1COc2ccccc2O1)COc1ccc(Cl)nn1. The first-order valence-electron chi connectivity index (χ1n) is 7.60. The van der Waals surface area contributed by atoms with Crippen LogP contribution in [0.4, 0.5) is 0 Å². The molecule has 2 N–H and O–H groups in total. The second kappa shape index (κ2) is 8.14. The molecule has 2 atom stereocenters. The molecule has 2 heterocycles. The summed E-state index contributed by atoms with van der Waals surface area (Å²) in [5.41, 5.74) is 0. The van der Waals surface area contributed by atoms with Crippen molar-refractivity contribution in [2.24, 2.45) is 0 Å². The first kappa shape index (κ1) is 16.8. The second-order valence-electron chi connectivity index (χ2n) is 5.31. The lowest BCUT2D eigenvalue weighted by Gasteiger charge is -2.26. The number of hydrogen-bond donors (Lipinski definition) is 2. The largest absolute Gasteiger partial charge is 0.486 e. The lowest BCUT2D eigenvalue weighted by molar-refractivity contribution is 0.0770. The Morgan fingerprint density at radius 1 is 1.25 bits per heavy atom. The number of ether oxygens (including phenoxy) is 3. The zero-order chi connectivity index (χ0) is 16.8. The Kier molecular flexibility index (Phi) is 5.68. The second-order valence-corrected chi connectivity index (χ2v) is 5.70. The van der Waals surface area contributed by atoms with Gasteiger partial charge in [0.2, 0.25) is 5.88 Å². The Labute approximate surface area is 144 Å². The van der Waals surface area contributed by atoms with Crippen molar-refractivity contribution in [3.63, 3.8) is 0 Å². The lowest BCUT2D eigenvalue weighted by atomic mass is 10.2. The molecular weight excluding hydrogens is 334 g/mol. The van der Waals surface area contributed by atoms with Crippen LogP contribution < -0.4 is 19.5 Å². The van der Waals surface area contributed by atoms with Gasteiger partial charge in [-0.15, -0.1) is 10.2 Å². The molecule has 128 valence electrons. The van der Waals surface area contributed by atoms with Gasteiger partial charge < -0.3 is 24.6 Å². The van der Waals surface area contributed by atoms with E-state index in [4.69, 9.17) is 25.8 Å². The molecule has 2 aromatic rings. The molecule has 2 unspecified atom stereocenters. The topological polar surface area (TPSA) is 85.7 Å². The number of aromatic nitrogens is 2. The van der Waals surface area contributed by atoms with Crippen molar-refractivity contribution in [1.29, 1.82) is 0 Å². The van der Waals surface area contributed by atoms with Gasteiger partial charge in [0.1, 0.15) is 25.4 Å². The molecule has 1 aromatic carbocycles. The highest BCUT2D eigenvalue weighted by atomic mass is 35.5. The number of halogens is 1. The summed E-state index contributed by atoms with van der Waals surface area (Å²) in [7, 11) is 0. The number of rotatable bonds is 7. The van der Waals surface area contributed by atoms with E-state index in [-0.39, 0.29) is 12.7 Å². The van der Waals surface area contributed by atoms with Gasteiger partial charge in [0.05, 0.1) is 0 Å². The van der Waals surface area contributed by atoms with Gasteiger partial charge in [-0.1, -0.05) is 23.7 Å². The van der Waals surface area contributed by atoms with Gasteiger partial charge in [0, 0.05) is 19.2 Å². The van der Waals surface area contributed by atoms with Crippen molar-refractivity contribution < 1.29 is 19.3 Å². The summed E-state index contributed by atoms with van der Waals surface area (Å²) < 4.78 is 16.8. The molecule has 1 aromatic heterocycles. The number of hydrogen-bond acceptors (Lipinski definition) is 7. The van der Waals surface area contributed by atoms with Crippen LogP contribution in [0.25, 0.3) is 0 Å². The molecule has 0 aliphatic carbocycles. The standard InChI is InChI=1S/C16H18ClN3O4/c17-15-5-6-16(20-19-15)23-9-11(21)7-18-8-12-10-22-13-3-1-2-4-14(13)24-12/h1-6,11-12,18,21H,7-10H2. The average molecular weight is 352 g/mol. The van der Waals surface area contributed by atoms with Crippen LogP contribution >= 0.6 is 11.6 Å². The van der Waals surface area contributed by atoms with Gasteiger partial charge in [0.15, 0.2) is 16.7 Å². The number of aliphatic hydroxyl groups is 1. The van der Waals surface area contributed by atoms with Crippen molar-refractivity contribution in [3.05, 3.63) is 41.6 Å². The van der Waals surface area contributed by atoms with E-state index in [1.54, 1.807) is 12.1 Å². The minimum atomic E-state index is -0.681. The molecule has 7 nitrogen and oxygen atoms in total. The summed E-state index contributed by atoms with van der Waals surface area (Å²) in [5, 5.41) is 20.8. The fourth-order valence-corrected chi connectivity index (χ4v) is 2.30. The van der Waals surface area contributed by atoms with Crippen LogP contribution in [0.2, 0.25) is 5.15 Å². The summed E-state index contributed by atoms with van der Waals surface area (Å²) in [5.74, 6) is 1.81. The maximum absolute atomic E-state index is 9.92. The molecule has 0 spiro atoms.